The summed E-state index contributed by atoms with van der Waals surface area (Å²) >= 11 is 0. The number of likely N-dealkylation sites (tertiary alicyclic amines) is 1. The van der Waals surface area contributed by atoms with Crippen LogP contribution in [0.4, 0.5) is 0 Å². The molecule has 0 bridgehead atoms. The van der Waals surface area contributed by atoms with Crippen molar-refractivity contribution in [2.75, 3.05) is 13.1 Å². The molecule has 0 radical (unpaired) electrons. The topological polar surface area (TPSA) is 27.0 Å². The van der Waals surface area contributed by atoms with Crippen LogP contribution in [0.15, 0.2) is 30.3 Å². The highest BCUT2D eigenvalue weighted by Gasteiger charge is 2.57. The Morgan fingerprint density at radius 2 is 2.13 bits per heavy atom. The van der Waals surface area contributed by atoms with E-state index in [2.05, 4.69) is 36.5 Å². The maximum atomic E-state index is 8.86. The number of benzene rings is 1. The third-order valence-electron chi connectivity index (χ3n) is 3.99. The maximum Gasteiger partial charge on any atom is 0.179 e. The molecule has 76 valence electrons. The molecule has 0 amide bonds. The van der Waals surface area contributed by atoms with Crippen LogP contribution in [0.3, 0.4) is 0 Å². The van der Waals surface area contributed by atoms with Gasteiger partial charge >= 0.3 is 0 Å². The zero-order valence-corrected chi connectivity index (χ0v) is 8.69. The molecule has 2 fully saturated rings. The quantitative estimate of drug-likeness (QED) is 0.646. The van der Waals surface area contributed by atoms with Gasteiger partial charge in [0.15, 0.2) is 6.19 Å². The zero-order valence-electron chi connectivity index (χ0n) is 8.69. The molecule has 1 aromatic rings. The average Bonchev–Trinajstić information content (AvgIpc) is 3.04. The fourth-order valence-electron chi connectivity index (χ4n) is 2.98. The van der Waals surface area contributed by atoms with Crippen molar-refractivity contribution in [1.82, 2.24) is 4.90 Å². The monoisotopic (exact) mass is 198 g/mol. The number of nitriles is 1. The largest absolute Gasteiger partial charge is 0.310 e. The molecule has 1 saturated carbocycles. The molecule has 2 heteroatoms. The van der Waals surface area contributed by atoms with Crippen LogP contribution in [0.5, 0.6) is 0 Å². The first-order valence-electron chi connectivity index (χ1n) is 5.55. The van der Waals surface area contributed by atoms with Crippen LogP contribution in [0.1, 0.15) is 18.4 Å². The minimum atomic E-state index is 0.425. The minimum Gasteiger partial charge on any atom is -0.310 e. The molecule has 0 spiro atoms. The van der Waals surface area contributed by atoms with Gasteiger partial charge in [-0.2, -0.15) is 5.26 Å². The summed E-state index contributed by atoms with van der Waals surface area (Å²) in [5.41, 5.74) is 1.90. The molecular formula is C13H14N2. The lowest BCUT2D eigenvalue weighted by Crippen LogP contribution is -2.32. The zero-order chi connectivity index (χ0) is 10.3. The SMILES string of the molecule is N#CN1CCC2(c3ccccc3)CC2C1. The van der Waals surface area contributed by atoms with Crippen LogP contribution in [-0.2, 0) is 5.41 Å². The summed E-state index contributed by atoms with van der Waals surface area (Å²) < 4.78 is 0. The number of hydrogen-bond acceptors (Lipinski definition) is 2. The Morgan fingerprint density at radius 3 is 2.80 bits per heavy atom. The number of rotatable bonds is 1. The summed E-state index contributed by atoms with van der Waals surface area (Å²) in [7, 11) is 0. The summed E-state index contributed by atoms with van der Waals surface area (Å²) in [4.78, 5) is 1.90. The number of fused-ring (bicyclic) bond motifs is 1. The molecule has 2 nitrogen and oxygen atoms in total. The van der Waals surface area contributed by atoms with E-state index in [1.54, 1.807) is 0 Å². The van der Waals surface area contributed by atoms with Gasteiger partial charge in [-0.3, -0.25) is 0 Å². The van der Waals surface area contributed by atoms with Crippen molar-refractivity contribution in [3.05, 3.63) is 35.9 Å². The van der Waals surface area contributed by atoms with Gasteiger partial charge in [-0.15, -0.1) is 0 Å². The van der Waals surface area contributed by atoms with Crippen molar-refractivity contribution in [3.8, 4) is 6.19 Å². The Bertz CT molecular complexity index is 406. The van der Waals surface area contributed by atoms with Crippen molar-refractivity contribution in [1.29, 1.82) is 5.26 Å². The summed E-state index contributed by atoms with van der Waals surface area (Å²) in [5, 5.41) is 8.86. The molecule has 1 heterocycles. The van der Waals surface area contributed by atoms with E-state index in [0.29, 0.717) is 11.3 Å². The molecule has 0 N–H and O–H groups in total. The van der Waals surface area contributed by atoms with Crippen LogP contribution in [0.2, 0.25) is 0 Å². The van der Waals surface area contributed by atoms with Crippen LogP contribution in [0.25, 0.3) is 0 Å². The molecule has 1 aliphatic heterocycles. The van der Waals surface area contributed by atoms with Crippen molar-refractivity contribution in [2.45, 2.75) is 18.3 Å². The summed E-state index contributed by atoms with van der Waals surface area (Å²) in [6.07, 6.45) is 4.68. The minimum absolute atomic E-state index is 0.425. The van der Waals surface area contributed by atoms with E-state index >= 15 is 0 Å². The second-order valence-corrected chi connectivity index (χ2v) is 4.72. The lowest BCUT2D eigenvalue weighted by Gasteiger charge is -2.28. The molecule has 1 aromatic carbocycles. The van der Waals surface area contributed by atoms with Crippen LogP contribution < -0.4 is 0 Å². The standard InChI is InChI=1S/C13H14N2/c14-10-15-7-6-13(8-12(13)9-15)11-4-2-1-3-5-11/h1-5,12H,6-9H2. The van der Waals surface area contributed by atoms with Gasteiger partial charge in [0.2, 0.25) is 0 Å². The Kier molecular flexibility index (Phi) is 1.76. The highest BCUT2D eigenvalue weighted by atomic mass is 15.1. The Hall–Kier alpha value is -1.49. The van der Waals surface area contributed by atoms with Crippen molar-refractivity contribution < 1.29 is 0 Å². The van der Waals surface area contributed by atoms with E-state index in [4.69, 9.17) is 5.26 Å². The average molecular weight is 198 g/mol. The fraction of sp³-hybridized carbons (Fsp3) is 0.462. The third kappa shape index (κ3) is 1.23. The lowest BCUT2D eigenvalue weighted by molar-refractivity contribution is 0.287. The molecule has 2 atom stereocenters. The third-order valence-corrected chi connectivity index (χ3v) is 3.99. The molecule has 1 saturated heterocycles. The van der Waals surface area contributed by atoms with E-state index in [9.17, 15) is 0 Å². The smallest absolute Gasteiger partial charge is 0.179 e. The first kappa shape index (κ1) is 8.79. The number of nitrogens with zero attached hydrogens (tertiary/aromatic N) is 2. The van der Waals surface area contributed by atoms with Gasteiger partial charge in [-0.25, -0.2) is 0 Å². The molecule has 15 heavy (non-hydrogen) atoms. The molecular weight excluding hydrogens is 184 g/mol. The van der Waals surface area contributed by atoms with Gasteiger partial charge in [0, 0.05) is 18.5 Å². The molecule has 2 unspecified atom stereocenters. The molecule has 2 aliphatic rings. The predicted octanol–water partition coefficient (Wildman–Crippen LogP) is 2.13. The Balaban J connectivity index is 1.84. The van der Waals surface area contributed by atoms with Crippen LogP contribution in [-0.4, -0.2) is 18.0 Å². The van der Waals surface area contributed by atoms with E-state index in [1.165, 1.54) is 12.0 Å². The Labute approximate surface area is 90.1 Å². The van der Waals surface area contributed by atoms with E-state index < -0.39 is 0 Å². The molecule has 3 rings (SSSR count). The summed E-state index contributed by atoms with van der Waals surface area (Å²) in [5.74, 6) is 0.716. The first-order chi connectivity index (χ1) is 7.35. The second-order valence-electron chi connectivity index (χ2n) is 4.72. The van der Waals surface area contributed by atoms with Gasteiger partial charge < -0.3 is 4.90 Å². The molecule has 1 aliphatic carbocycles. The second kappa shape index (κ2) is 3.00. The van der Waals surface area contributed by atoms with Crippen molar-refractivity contribution in [3.63, 3.8) is 0 Å². The number of hydrogen-bond donors (Lipinski definition) is 0. The Morgan fingerprint density at radius 1 is 1.33 bits per heavy atom. The number of piperidine rings is 1. The normalized spacial score (nSPS) is 33.0. The van der Waals surface area contributed by atoms with Crippen molar-refractivity contribution in [2.24, 2.45) is 5.92 Å². The highest BCUT2D eigenvalue weighted by molar-refractivity contribution is 5.35. The van der Waals surface area contributed by atoms with E-state index in [-0.39, 0.29) is 0 Å². The van der Waals surface area contributed by atoms with Gasteiger partial charge in [-0.05, 0) is 24.3 Å². The van der Waals surface area contributed by atoms with Gasteiger partial charge in [0.1, 0.15) is 0 Å². The van der Waals surface area contributed by atoms with Crippen molar-refractivity contribution >= 4 is 0 Å². The van der Waals surface area contributed by atoms with Crippen LogP contribution >= 0.6 is 0 Å². The fourth-order valence-corrected chi connectivity index (χ4v) is 2.98. The first-order valence-corrected chi connectivity index (χ1v) is 5.55. The van der Waals surface area contributed by atoms with Gasteiger partial charge in [0.05, 0.1) is 0 Å². The van der Waals surface area contributed by atoms with Crippen LogP contribution in [0, 0.1) is 17.4 Å². The molecule has 0 aromatic heterocycles. The van der Waals surface area contributed by atoms with E-state index in [0.717, 1.165) is 19.5 Å². The maximum absolute atomic E-state index is 8.86. The highest BCUT2D eigenvalue weighted by Crippen LogP contribution is 2.58. The lowest BCUT2D eigenvalue weighted by atomic mass is 9.87. The van der Waals surface area contributed by atoms with Gasteiger partial charge in [0.25, 0.3) is 0 Å². The van der Waals surface area contributed by atoms with E-state index in [1.807, 2.05) is 4.90 Å². The predicted molar refractivity (Wildman–Crippen MR) is 58.0 cm³/mol. The van der Waals surface area contributed by atoms with Gasteiger partial charge in [-0.1, -0.05) is 30.3 Å². The summed E-state index contributed by atoms with van der Waals surface area (Å²) in [6.45, 7) is 1.90. The summed E-state index contributed by atoms with van der Waals surface area (Å²) in [6, 6.07) is 10.8.